The molecule has 4 nitrogen and oxygen atoms in total. The molecule has 20 heavy (non-hydrogen) atoms. The van der Waals surface area contributed by atoms with Crippen LogP contribution in [0.4, 0.5) is 0 Å². The van der Waals surface area contributed by atoms with Crippen molar-refractivity contribution < 1.29 is 13.0 Å². The fourth-order valence-electron chi connectivity index (χ4n) is 3.06. The van der Waals surface area contributed by atoms with Crippen molar-refractivity contribution in [2.45, 2.75) is 69.6 Å². The van der Waals surface area contributed by atoms with E-state index in [0.717, 1.165) is 12.5 Å². The average Bonchev–Trinajstić information content (AvgIpc) is 2.47. The van der Waals surface area contributed by atoms with Gasteiger partial charge in [-0.1, -0.05) is 19.3 Å². The molecule has 1 rings (SSSR count). The van der Waals surface area contributed by atoms with Crippen LogP contribution in [-0.4, -0.2) is 31.3 Å². The van der Waals surface area contributed by atoms with E-state index in [1.54, 1.807) is 14.2 Å². The summed E-state index contributed by atoms with van der Waals surface area (Å²) in [5.74, 6) is 0. The third-order valence-electron chi connectivity index (χ3n) is 4.30. The number of unbranched alkanes of at least 4 members (excludes halogenated alkanes) is 1. The molecular weight excluding hydrogens is 286 g/mol. The summed E-state index contributed by atoms with van der Waals surface area (Å²) >= 11 is 0. The first-order chi connectivity index (χ1) is 9.49. The molecule has 0 aromatic carbocycles. The van der Waals surface area contributed by atoms with Crippen LogP contribution in [0.2, 0.25) is 24.7 Å². The van der Waals surface area contributed by atoms with Crippen LogP contribution in [0.3, 0.4) is 0 Å². The van der Waals surface area contributed by atoms with Crippen molar-refractivity contribution in [1.29, 1.82) is 5.26 Å². The molecule has 0 aromatic rings. The summed E-state index contributed by atoms with van der Waals surface area (Å²) in [5, 5.41) is 8.79. The lowest BCUT2D eigenvalue weighted by molar-refractivity contribution is 0.220. The van der Waals surface area contributed by atoms with Crippen LogP contribution in [0.25, 0.3) is 0 Å². The summed E-state index contributed by atoms with van der Waals surface area (Å²) in [6.45, 7) is 4.17. The standard InChI is InChI=1S/C14H29NO3Si2/c1-16-19(3,4)18-20(17-2,13-9-8-12-15)14-10-6-5-7-11-14/h14H,5-11,13H2,1-4H3. The second-order valence-electron chi connectivity index (χ2n) is 6.07. The Morgan fingerprint density at radius 2 is 1.75 bits per heavy atom. The monoisotopic (exact) mass is 315 g/mol. The van der Waals surface area contributed by atoms with E-state index >= 15 is 0 Å². The van der Waals surface area contributed by atoms with Crippen LogP contribution >= 0.6 is 0 Å². The van der Waals surface area contributed by atoms with Crippen LogP contribution in [0, 0.1) is 11.3 Å². The van der Waals surface area contributed by atoms with Gasteiger partial charge in [0.2, 0.25) is 0 Å². The van der Waals surface area contributed by atoms with Crippen molar-refractivity contribution in [2.75, 3.05) is 14.2 Å². The molecule has 0 radical (unpaired) electrons. The highest BCUT2D eigenvalue weighted by molar-refractivity contribution is 6.80. The molecule has 1 atom stereocenters. The van der Waals surface area contributed by atoms with Crippen molar-refractivity contribution in [2.24, 2.45) is 0 Å². The van der Waals surface area contributed by atoms with Crippen molar-refractivity contribution in [1.82, 2.24) is 0 Å². The Morgan fingerprint density at radius 3 is 2.25 bits per heavy atom. The Hall–Kier alpha value is -0.196. The summed E-state index contributed by atoms with van der Waals surface area (Å²) in [6, 6.07) is 3.15. The minimum absolute atomic E-state index is 0.557. The topological polar surface area (TPSA) is 51.5 Å². The van der Waals surface area contributed by atoms with Crippen LogP contribution in [-0.2, 0) is 13.0 Å². The van der Waals surface area contributed by atoms with E-state index in [1.165, 1.54) is 32.1 Å². The van der Waals surface area contributed by atoms with Crippen molar-refractivity contribution in [3.63, 3.8) is 0 Å². The molecule has 0 bridgehead atoms. The summed E-state index contributed by atoms with van der Waals surface area (Å²) in [6.07, 6.45) is 7.76. The quantitative estimate of drug-likeness (QED) is 0.500. The van der Waals surface area contributed by atoms with Gasteiger partial charge in [-0.15, -0.1) is 0 Å². The van der Waals surface area contributed by atoms with E-state index in [-0.39, 0.29) is 0 Å². The molecule has 6 heteroatoms. The molecule has 0 N–H and O–H groups in total. The molecule has 0 saturated heterocycles. The predicted molar refractivity (Wildman–Crippen MR) is 84.8 cm³/mol. The van der Waals surface area contributed by atoms with E-state index in [2.05, 4.69) is 19.2 Å². The molecule has 0 aliphatic heterocycles. The number of hydrogen-bond donors (Lipinski definition) is 0. The van der Waals surface area contributed by atoms with Gasteiger partial charge in [0.05, 0.1) is 6.07 Å². The summed E-state index contributed by atoms with van der Waals surface area (Å²) < 4.78 is 18.2. The Balaban J connectivity index is 2.85. The molecule has 0 spiro atoms. The molecule has 0 amide bonds. The van der Waals surface area contributed by atoms with Gasteiger partial charge in [0.15, 0.2) is 0 Å². The van der Waals surface area contributed by atoms with Crippen LogP contribution < -0.4 is 0 Å². The SMILES string of the molecule is CO[Si](C)(C)O[Si](CCCC#N)(OC)C1CCCCC1. The Kier molecular flexibility index (Phi) is 7.41. The minimum Gasteiger partial charge on any atom is -0.414 e. The fourth-order valence-corrected chi connectivity index (χ4v) is 11.0. The number of nitrogens with zero attached hydrogens (tertiary/aromatic N) is 1. The smallest absolute Gasteiger partial charge is 0.332 e. The molecule has 116 valence electrons. The van der Waals surface area contributed by atoms with E-state index in [1.807, 2.05) is 0 Å². The minimum atomic E-state index is -2.28. The summed E-state index contributed by atoms with van der Waals surface area (Å²) in [4.78, 5) is 0. The Morgan fingerprint density at radius 1 is 1.10 bits per heavy atom. The van der Waals surface area contributed by atoms with Gasteiger partial charge in [0.1, 0.15) is 0 Å². The normalized spacial score (nSPS) is 20.4. The number of nitriles is 1. The van der Waals surface area contributed by atoms with Crippen molar-refractivity contribution in [3.05, 3.63) is 0 Å². The molecule has 0 aromatic heterocycles. The van der Waals surface area contributed by atoms with Gasteiger partial charge in [-0.25, -0.2) is 0 Å². The molecule has 1 aliphatic carbocycles. The Labute approximate surface area is 125 Å². The number of hydrogen-bond acceptors (Lipinski definition) is 4. The highest BCUT2D eigenvalue weighted by Gasteiger charge is 2.49. The molecule has 1 aliphatic rings. The first-order valence-corrected chi connectivity index (χ1v) is 12.6. The number of rotatable bonds is 8. The maximum Gasteiger partial charge on any atom is 0.332 e. The first-order valence-electron chi connectivity index (χ1n) is 7.67. The molecular formula is C14H29NO3Si2. The Bertz CT molecular complexity index is 327. The van der Waals surface area contributed by atoms with Gasteiger partial charge in [0, 0.05) is 26.2 Å². The molecule has 1 saturated carbocycles. The molecule has 0 heterocycles. The zero-order valence-corrected chi connectivity index (χ0v) is 15.4. The van der Waals surface area contributed by atoms with Gasteiger partial charge in [-0.05, 0) is 38.4 Å². The van der Waals surface area contributed by atoms with Crippen molar-refractivity contribution >= 4 is 17.1 Å². The van der Waals surface area contributed by atoms with E-state index in [4.69, 9.17) is 18.2 Å². The van der Waals surface area contributed by atoms with E-state index in [9.17, 15) is 0 Å². The van der Waals surface area contributed by atoms with E-state index in [0.29, 0.717) is 12.0 Å². The van der Waals surface area contributed by atoms with Gasteiger partial charge in [-0.2, -0.15) is 5.26 Å². The molecule has 1 unspecified atom stereocenters. The summed E-state index contributed by atoms with van der Waals surface area (Å²) in [7, 11) is -0.868. The largest absolute Gasteiger partial charge is 0.414 e. The lowest BCUT2D eigenvalue weighted by Gasteiger charge is -2.42. The van der Waals surface area contributed by atoms with Crippen LogP contribution in [0.15, 0.2) is 0 Å². The van der Waals surface area contributed by atoms with Gasteiger partial charge in [0.25, 0.3) is 0 Å². The first kappa shape index (κ1) is 17.9. The molecule has 1 fully saturated rings. The third-order valence-corrected chi connectivity index (χ3v) is 12.2. The van der Waals surface area contributed by atoms with Crippen molar-refractivity contribution in [3.8, 4) is 6.07 Å². The zero-order valence-electron chi connectivity index (χ0n) is 13.4. The highest BCUT2D eigenvalue weighted by atomic mass is 28.5. The van der Waals surface area contributed by atoms with Gasteiger partial charge in [-0.3, -0.25) is 0 Å². The van der Waals surface area contributed by atoms with Gasteiger partial charge < -0.3 is 13.0 Å². The third kappa shape index (κ3) is 4.97. The second-order valence-corrected chi connectivity index (χ2v) is 13.4. The second kappa shape index (κ2) is 8.30. The zero-order chi connectivity index (χ0) is 15.1. The maximum atomic E-state index is 8.79. The summed E-state index contributed by atoms with van der Waals surface area (Å²) in [5.41, 5.74) is 0.557. The van der Waals surface area contributed by atoms with Gasteiger partial charge >= 0.3 is 17.1 Å². The lowest BCUT2D eigenvalue weighted by atomic mass is 10.0. The lowest BCUT2D eigenvalue weighted by Crippen LogP contribution is -2.54. The maximum absolute atomic E-state index is 8.79. The average molecular weight is 316 g/mol. The fraction of sp³-hybridized carbons (Fsp3) is 0.929. The highest BCUT2D eigenvalue weighted by Crippen LogP contribution is 2.42. The van der Waals surface area contributed by atoms with E-state index < -0.39 is 17.1 Å². The van der Waals surface area contributed by atoms with Crippen LogP contribution in [0.5, 0.6) is 0 Å². The predicted octanol–water partition coefficient (Wildman–Crippen LogP) is 4.08. The van der Waals surface area contributed by atoms with Crippen LogP contribution in [0.1, 0.15) is 44.9 Å².